The van der Waals surface area contributed by atoms with Gasteiger partial charge in [-0.15, -0.1) is 0 Å². The van der Waals surface area contributed by atoms with Crippen molar-refractivity contribution in [2.75, 3.05) is 26.2 Å². The molecule has 1 fully saturated rings. The molecule has 0 saturated carbocycles. The fourth-order valence-corrected chi connectivity index (χ4v) is 2.94. The minimum Gasteiger partial charge on any atom is -0.508 e. The van der Waals surface area contributed by atoms with E-state index in [4.69, 9.17) is 0 Å². The molecule has 1 amide bonds. The Bertz CT molecular complexity index is 753. The Morgan fingerprint density at radius 3 is 2.76 bits per heavy atom. The van der Waals surface area contributed by atoms with Gasteiger partial charge in [0.25, 0.3) is 5.91 Å². The number of H-pyrrole nitrogens is 1. The lowest BCUT2D eigenvalue weighted by atomic mass is 10.1. The van der Waals surface area contributed by atoms with Crippen LogP contribution in [0.1, 0.15) is 35.4 Å². The first-order valence-corrected chi connectivity index (χ1v) is 8.50. The van der Waals surface area contributed by atoms with Gasteiger partial charge in [0, 0.05) is 19.2 Å². The van der Waals surface area contributed by atoms with Crippen molar-refractivity contribution in [1.29, 1.82) is 0 Å². The number of carbonyl (C=O) groups excluding carboxylic acids is 1. The Balaban J connectivity index is 1.61. The van der Waals surface area contributed by atoms with Gasteiger partial charge < -0.3 is 20.4 Å². The van der Waals surface area contributed by atoms with Crippen LogP contribution in [0, 0.1) is 6.92 Å². The summed E-state index contributed by atoms with van der Waals surface area (Å²) in [5, 5.41) is 28.9. The van der Waals surface area contributed by atoms with Gasteiger partial charge in [0.05, 0.1) is 5.56 Å². The summed E-state index contributed by atoms with van der Waals surface area (Å²) in [7, 11) is 0. The first-order valence-electron chi connectivity index (χ1n) is 8.50. The lowest BCUT2D eigenvalue weighted by Crippen LogP contribution is -2.37. The van der Waals surface area contributed by atoms with Gasteiger partial charge in [-0.2, -0.15) is 5.10 Å². The third-order valence-corrected chi connectivity index (χ3v) is 4.42. The molecule has 0 bridgehead atoms. The van der Waals surface area contributed by atoms with Gasteiger partial charge in [0.2, 0.25) is 5.82 Å². The molecule has 3 rings (SSSR count). The maximum atomic E-state index is 12.2. The Kier molecular flexibility index (Phi) is 5.18. The van der Waals surface area contributed by atoms with Crippen LogP contribution in [0.3, 0.4) is 0 Å². The fourth-order valence-electron chi connectivity index (χ4n) is 2.94. The van der Waals surface area contributed by atoms with E-state index in [-0.39, 0.29) is 29.1 Å². The van der Waals surface area contributed by atoms with Gasteiger partial charge >= 0.3 is 0 Å². The smallest absolute Gasteiger partial charge is 0.288 e. The van der Waals surface area contributed by atoms with E-state index in [1.165, 1.54) is 25.3 Å². The van der Waals surface area contributed by atoms with Crippen molar-refractivity contribution in [3.8, 4) is 22.9 Å². The predicted molar refractivity (Wildman–Crippen MR) is 92.5 cm³/mol. The number of aryl methyl sites for hydroxylation is 1. The van der Waals surface area contributed by atoms with Crippen molar-refractivity contribution < 1.29 is 15.0 Å². The topological polar surface area (TPSA) is 114 Å². The minimum atomic E-state index is -0.328. The first kappa shape index (κ1) is 17.2. The molecule has 0 unspecified atom stereocenters. The fraction of sp³-hybridized carbons (Fsp3) is 0.471. The summed E-state index contributed by atoms with van der Waals surface area (Å²) in [6, 6.07) is 2.81. The Hall–Kier alpha value is -2.61. The number of aromatic hydroxyl groups is 2. The van der Waals surface area contributed by atoms with Crippen LogP contribution in [0.2, 0.25) is 0 Å². The molecule has 1 aliphatic rings. The zero-order chi connectivity index (χ0) is 17.8. The molecule has 1 saturated heterocycles. The highest BCUT2D eigenvalue weighted by molar-refractivity contribution is 5.90. The van der Waals surface area contributed by atoms with Gasteiger partial charge in [-0.1, -0.05) is 6.42 Å². The van der Waals surface area contributed by atoms with Crippen LogP contribution in [0.4, 0.5) is 0 Å². The number of hydrogen-bond donors (Lipinski definition) is 4. The monoisotopic (exact) mass is 345 g/mol. The Morgan fingerprint density at radius 2 is 2.00 bits per heavy atom. The molecular formula is C17H23N5O3. The summed E-state index contributed by atoms with van der Waals surface area (Å²) in [5.74, 6) is -0.169. The molecule has 0 spiro atoms. The van der Waals surface area contributed by atoms with Crippen LogP contribution < -0.4 is 5.32 Å². The summed E-state index contributed by atoms with van der Waals surface area (Å²) in [4.78, 5) is 18.7. The number of carbonyl (C=O) groups is 1. The van der Waals surface area contributed by atoms with Gasteiger partial charge in [-0.3, -0.25) is 9.89 Å². The number of aromatic nitrogens is 3. The molecule has 1 aliphatic heterocycles. The van der Waals surface area contributed by atoms with E-state index in [2.05, 4.69) is 25.4 Å². The molecule has 0 radical (unpaired) electrons. The molecule has 134 valence electrons. The average Bonchev–Trinajstić information content (AvgIpc) is 3.09. The predicted octanol–water partition coefficient (Wildman–Crippen LogP) is 1.41. The van der Waals surface area contributed by atoms with Crippen molar-refractivity contribution in [2.45, 2.75) is 26.2 Å². The number of hydrogen-bond acceptors (Lipinski definition) is 6. The highest BCUT2D eigenvalue weighted by Gasteiger charge is 2.17. The van der Waals surface area contributed by atoms with E-state index in [1.807, 2.05) is 0 Å². The largest absolute Gasteiger partial charge is 0.508 e. The molecule has 4 N–H and O–H groups in total. The normalized spacial score (nSPS) is 15.2. The summed E-state index contributed by atoms with van der Waals surface area (Å²) in [5.41, 5.74) is 0.948. The zero-order valence-electron chi connectivity index (χ0n) is 14.2. The molecule has 25 heavy (non-hydrogen) atoms. The standard InChI is InChI=1S/C17H23N5O3/c1-11-9-12(14(24)10-13(11)23)15-19-16(21-20-15)17(25)18-5-8-22-6-3-2-4-7-22/h9-10,23-24H,2-8H2,1H3,(H,18,25)(H,19,20,21). The SMILES string of the molecule is Cc1cc(-c2n[nH]c(C(=O)NCCN3CCCCC3)n2)c(O)cc1O. The highest BCUT2D eigenvalue weighted by atomic mass is 16.3. The maximum absolute atomic E-state index is 12.2. The second-order valence-corrected chi connectivity index (χ2v) is 6.32. The molecule has 1 aromatic carbocycles. The van der Waals surface area contributed by atoms with Crippen LogP contribution in [0.15, 0.2) is 12.1 Å². The third-order valence-electron chi connectivity index (χ3n) is 4.42. The summed E-state index contributed by atoms with van der Waals surface area (Å²) < 4.78 is 0. The second-order valence-electron chi connectivity index (χ2n) is 6.32. The molecule has 1 aromatic heterocycles. The van der Waals surface area contributed by atoms with E-state index in [0.717, 1.165) is 19.6 Å². The van der Waals surface area contributed by atoms with Gasteiger partial charge in [0.15, 0.2) is 5.82 Å². The summed E-state index contributed by atoms with van der Waals surface area (Å²) in [6.45, 7) is 5.26. The quantitative estimate of drug-likeness (QED) is 0.651. The molecular weight excluding hydrogens is 322 g/mol. The number of aromatic amines is 1. The number of nitrogens with zero attached hydrogens (tertiary/aromatic N) is 3. The number of phenols is 2. The second kappa shape index (κ2) is 7.52. The number of phenolic OH excluding ortho intramolecular Hbond substituents is 2. The third kappa shape index (κ3) is 4.08. The Morgan fingerprint density at radius 1 is 1.24 bits per heavy atom. The van der Waals surface area contributed by atoms with Crippen LogP contribution in [0.25, 0.3) is 11.4 Å². The number of nitrogens with one attached hydrogen (secondary N) is 2. The van der Waals surface area contributed by atoms with Crippen molar-refractivity contribution in [3.05, 3.63) is 23.5 Å². The lowest BCUT2D eigenvalue weighted by Gasteiger charge is -2.26. The lowest BCUT2D eigenvalue weighted by molar-refractivity contribution is 0.0936. The molecule has 0 atom stereocenters. The molecule has 8 heteroatoms. The van der Waals surface area contributed by atoms with E-state index < -0.39 is 0 Å². The molecule has 2 aromatic rings. The average molecular weight is 345 g/mol. The number of amides is 1. The zero-order valence-corrected chi connectivity index (χ0v) is 14.2. The van der Waals surface area contributed by atoms with Crippen molar-refractivity contribution in [2.24, 2.45) is 0 Å². The molecule has 0 aliphatic carbocycles. The van der Waals surface area contributed by atoms with Gasteiger partial charge in [-0.05, 0) is 44.5 Å². The van der Waals surface area contributed by atoms with E-state index >= 15 is 0 Å². The first-order chi connectivity index (χ1) is 12.0. The van der Waals surface area contributed by atoms with Crippen LogP contribution in [0.5, 0.6) is 11.5 Å². The van der Waals surface area contributed by atoms with Crippen molar-refractivity contribution in [1.82, 2.24) is 25.4 Å². The highest BCUT2D eigenvalue weighted by Crippen LogP contribution is 2.32. The number of piperidine rings is 1. The van der Waals surface area contributed by atoms with E-state index in [9.17, 15) is 15.0 Å². The number of likely N-dealkylation sites (tertiary alicyclic amines) is 1. The van der Waals surface area contributed by atoms with Crippen molar-refractivity contribution in [3.63, 3.8) is 0 Å². The summed E-state index contributed by atoms with van der Waals surface area (Å²) >= 11 is 0. The van der Waals surface area contributed by atoms with Crippen molar-refractivity contribution >= 4 is 5.91 Å². The van der Waals surface area contributed by atoms with Crippen LogP contribution in [-0.2, 0) is 0 Å². The molecule has 2 heterocycles. The van der Waals surface area contributed by atoms with E-state index in [0.29, 0.717) is 17.7 Å². The van der Waals surface area contributed by atoms with Crippen LogP contribution >= 0.6 is 0 Å². The Labute approximate surface area is 145 Å². The maximum Gasteiger partial charge on any atom is 0.288 e. The summed E-state index contributed by atoms with van der Waals surface area (Å²) in [6.07, 6.45) is 3.72. The van der Waals surface area contributed by atoms with Gasteiger partial charge in [-0.25, -0.2) is 4.98 Å². The number of benzene rings is 1. The minimum absolute atomic E-state index is 0.00698. The number of rotatable bonds is 5. The van der Waals surface area contributed by atoms with Crippen LogP contribution in [-0.4, -0.2) is 62.4 Å². The van der Waals surface area contributed by atoms with Gasteiger partial charge in [0.1, 0.15) is 11.5 Å². The molecule has 8 nitrogen and oxygen atoms in total. The van der Waals surface area contributed by atoms with E-state index in [1.54, 1.807) is 13.0 Å².